The summed E-state index contributed by atoms with van der Waals surface area (Å²) in [6, 6.07) is 13.5. The van der Waals surface area contributed by atoms with Crippen molar-refractivity contribution in [3.05, 3.63) is 88.6 Å². The molecule has 4 rings (SSSR count). The Labute approximate surface area is 159 Å². The molecule has 0 bridgehead atoms. The Bertz CT molecular complexity index is 896. The molecule has 2 aromatic carbocycles. The summed E-state index contributed by atoms with van der Waals surface area (Å²) in [6.07, 6.45) is 8.32. The fraction of sp³-hybridized carbons (Fsp3) is 0.261. The van der Waals surface area contributed by atoms with Crippen molar-refractivity contribution in [2.24, 2.45) is 0 Å². The number of hydrogen-bond acceptors (Lipinski definition) is 4. The lowest BCUT2D eigenvalue weighted by molar-refractivity contribution is 0.0472. The summed E-state index contributed by atoms with van der Waals surface area (Å²) in [5.74, 6) is 0.511. The highest BCUT2D eigenvalue weighted by molar-refractivity contribution is 5.89. The highest BCUT2D eigenvalue weighted by Crippen LogP contribution is 2.23. The maximum absolute atomic E-state index is 12.5. The van der Waals surface area contributed by atoms with Crippen LogP contribution in [0.4, 0.5) is 0 Å². The van der Waals surface area contributed by atoms with Crippen LogP contribution >= 0.6 is 0 Å². The zero-order chi connectivity index (χ0) is 18.6. The van der Waals surface area contributed by atoms with Crippen LogP contribution in [0.25, 0.3) is 0 Å². The minimum Gasteiger partial charge on any atom is -0.497 e. The number of nitrogens with zero attached hydrogens (tertiary/aromatic N) is 1. The fourth-order valence-electron chi connectivity index (χ4n) is 3.46. The monoisotopic (exact) mass is 361 g/mol. The first-order chi connectivity index (χ1) is 13.2. The first-order valence-corrected chi connectivity index (χ1v) is 9.28. The van der Waals surface area contributed by atoms with Gasteiger partial charge in [-0.25, -0.2) is 4.79 Å². The van der Waals surface area contributed by atoms with E-state index >= 15 is 0 Å². The summed E-state index contributed by atoms with van der Waals surface area (Å²) in [7, 11) is 1.63. The Hall–Kier alpha value is -3.01. The molecule has 0 fully saturated rings. The molecular weight excluding hydrogens is 338 g/mol. The van der Waals surface area contributed by atoms with E-state index in [-0.39, 0.29) is 12.6 Å². The summed E-state index contributed by atoms with van der Waals surface area (Å²) in [5, 5.41) is 0. The number of benzene rings is 2. The van der Waals surface area contributed by atoms with E-state index in [1.807, 2.05) is 36.4 Å². The highest BCUT2D eigenvalue weighted by atomic mass is 16.5. The standard InChI is InChI=1S/C23H23NO3/c1-26-22-9-5-17(6-10-22)16-27-23(25)20-8-7-18-11-13-24(21-3-2-4-21)14-12-19(18)15-20/h2-10,15H,11-14,16H2,1H3. The van der Waals surface area contributed by atoms with Gasteiger partial charge in [0.15, 0.2) is 0 Å². The number of carbonyl (C=O) groups excluding carboxylic acids is 1. The highest BCUT2D eigenvalue weighted by Gasteiger charge is 2.18. The molecule has 0 unspecified atom stereocenters. The average Bonchev–Trinajstić information content (AvgIpc) is 2.87. The lowest BCUT2D eigenvalue weighted by atomic mass is 10.0. The van der Waals surface area contributed by atoms with Crippen molar-refractivity contribution < 1.29 is 14.3 Å². The van der Waals surface area contributed by atoms with Gasteiger partial charge in [0.1, 0.15) is 12.4 Å². The summed E-state index contributed by atoms with van der Waals surface area (Å²) in [6.45, 7) is 2.26. The van der Waals surface area contributed by atoms with Gasteiger partial charge in [-0.2, -0.15) is 0 Å². The molecule has 1 heterocycles. The van der Waals surface area contributed by atoms with Crippen LogP contribution in [0.15, 0.2) is 66.4 Å². The Balaban J connectivity index is 1.39. The summed E-state index contributed by atoms with van der Waals surface area (Å²) < 4.78 is 10.6. The molecule has 27 heavy (non-hydrogen) atoms. The molecule has 4 heteroatoms. The van der Waals surface area contributed by atoms with Crippen LogP contribution in [-0.2, 0) is 24.2 Å². The minimum absolute atomic E-state index is 0.258. The number of hydrogen-bond donors (Lipinski definition) is 0. The van der Waals surface area contributed by atoms with Crippen molar-refractivity contribution in [2.45, 2.75) is 19.4 Å². The smallest absolute Gasteiger partial charge is 0.338 e. The van der Waals surface area contributed by atoms with Crippen LogP contribution < -0.4 is 4.74 Å². The van der Waals surface area contributed by atoms with E-state index < -0.39 is 0 Å². The molecule has 0 saturated carbocycles. The van der Waals surface area contributed by atoms with E-state index in [0.717, 1.165) is 37.2 Å². The zero-order valence-electron chi connectivity index (χ0n) is 15.5. The number of rotatable bonds is 5. The number of carbonyl (C=O) groups is 1. The number of fused-ring (bicyclic) bond motifs is 1. The van der Waals surface area contributed by atoms with Gasteiger partial charge in [0.25, 0.3) is 0 Å². The van der Waals surface area contributed by atoms with E-state index in [0.29, 0.717) is 5.56 Å². The average molecular weight is 361 g/mol. The van der Waals surface area contributed by atoms with Crippen molar-refractivity contribution in [3.8, 4) is 5.75 Å². The van der Waals surface area contributed by atoms with Gasteiger partial charge in [0.2, 0.25) is 0 Å². The molecule has 4 nitrogen and oxygen atoms in total. The second kappa shape index (κ2) is 7.70. The molecule has 0 saturated heterocycles. The van der Waals surface area contributed by atoms with Crippen LogP contribution in [0, 0.1) is 0 Å². The quantitative estimate of drug-likeness (QED) is 0.757. The fourth-order valence-corrected chi connectivity index (χ4v) is 3.46. The largest absolute Gasteiger partial charge is 0.497 e. The second-order valence-corrected chi connectivity index (χ2v) is 6.85. The van der Waals surface area contributed by atoms with Gasteiger partial charge in [-0.1, -0.05) is 24.3 Å². The lowest BCUT2D eigenvalue weighted by Crippen LogP contribution is -2.26. The van der Waals surface area contributed by atoms with E-state index in [1.54, 1.807) is 7.11 Å². The molecule has 1 aliphatic carbocycles. The molecule has 0 N–H and O–H groups in total. The Morgan fingerprint density at radius 3 is 2.44 bits per heavy atom. The molecule has 0 radical (unpaired) electrons. The van der Waals surface area contributed by atoms with Gasteiger partial charge >= 0.3 is 5.97 Å². The molecule has 138 valence electrons. The normalized spacial score (nSPS) is 15.3. The Morgan fingerprint density at radius 1 is 1.04 bits per heavy atom. The van der Waals surface area contributed by atoms with Gasteiger partial charge in [-0.15, -0.1) is 0 Å². The Kier molecular flexibility index (Phi) is 4.97. The SMILES string of the molecule is COc1ccc(COC(=O)c2ccc3c(c2)CCN(C2=CC=C2)CC3)cc1. The summed E-state index contributed by atoms with van der Waals surface area (Å²) in [5.41, 5.74) is 5.45. The first kappa shape index (κ1) is 17.4. The van der Waals surface area contributed by atoms with Crippen LogP contribution in [0.3, 0.4) is 0 Å². The third-order valence-electron chi connectivity index (χ3n) is 5.17. The third-order valence-corrected chi connectivity index (χ3v) is 5.17. The number of esters is 1. The van der Waals surface area contributed by atoms with Gasteiger partial charge in [-0.3, -0.25) is 0 Å². The molecule has 0 spiro atoms. The van der Waals surface area contributed by atoms with Crippen molar-refractivity contribution in [3.63, 3.8) is 0 Å². The van der Waals surface area contributed by atoms with Crippen molar-refractivity contribution >= 4 is 5.97 Å². The number of methoxy groups -OCH3 is 1. The lowest BCUT2D eigenvalue weighted by Gasteiger charge is -2.26. The molecule has 0 aromatic heterocycles. The van der Waals surface area contributed by atoms with Crippen molar-refractivity contribution in [1.82, 2.24) is 4.90 Å². The number of ether oxygens (including phenoxy) is 2. The predicted molar refractivity (Wildman–Crippen MR) is 105 cm³/mol. The van der Waals surface area contributed by atoms with Crippen LogP contribution in [0.2, 0.25) is 0 Å². The van der Waals surface area contributed by atoms with Gasteiger partial charge in [-0.05, 0) is 65.9 Å². The van der Waals surface area contributed by atoms with Gasteiger partial charge in [0, 0.05) is 18.8 Å². The van der Waals surface area contributed by atoms with Crippen LogP contribution in [0.1, 0.15) is 27.0 Å². The van der Waals surface area contributed by atoms with Crippen molar-refractivity contribution in [2.75, 3.05) is 20.2 Å². The third kappa shape index (κ3) is 3.90. The zero-order valence-corrected chi connectivity index (χ0v) is 15.5. The second-order valence-electron chi connectivity index (χ2n) is 6.85. The topological polar surface area (TPSA) is 38.8 Å². The molecule has 0 amide bonds. The van der Waals surface area contributed by atoms with Crippen LogP contribution in [-0.4, -0.2) is 31.1 Å². The number of allylic oxidation sites excluding steroid dienone is 3. The molecule has 2 aliphatic rings. The molecule has 1 aliphatic heterocycles. The maximum Gasteiger partial charge on any atom is 0.338 e. The molecular formula is C23H23NO3. The summed E-state index contributed by atoms with van der Waals surface area (Å²) >= 11 is 0. The predicted octanol–water partition coefficient (Wildman–Crippen LogP) is 3.91. The molecule has 0 atom stereocenters. The van der Waals surface area contributed by atoms with E-state index in [2.05, 4.69) is 29.2 Å². The Morgan fingerprint density at radius 2 is 1.78 bits per heavy atom. The van der Waals surface area contributed by atoms with E-state index in [9.17, 15) is 4.79 Å². The molecule has 2 aromatic rings. The first-order valence-electron chi connectivity index (χ1n) is 9.28. The van der Waals surface area contributed by atoms with Gasteiger partial charge < -0.3 is 14.4 Å². The van der Waals surface area contributed by atoms with E-state index in [1.165, 1.54) is 16.8 Å². The summed E-state index contributed by atoms with van der Waals surface area (Å²) in [4.78, 5) is 14.9. The van der Waals surface area contributed by atoms with Crippen molar-refractivity contribution in [1.29, 1.82) is 0 Å². The van der Waals surface area contributed by atoms with E-state index in [4.69, 9.17) is 9.47 Å². The minimum atomic E-state index is -0.278. The van der Waals surface area contributed by atoms with Crippen LogP contribution in [0.5, 0.6) is 5.75 Å². The van der Waals surface area contributed by atoms with Gasteiger partial charge in [0.05, 0.1) is 12.7 Å². The maximum atomic E-state index is 12.5.